The summed E-state index contributed by atoms with van der Waals surface area (Å²) in [5.41, 5.74) is -0.0772. The molecule has 92 valence electrons. The summed E-state index contributed by atoms with van der Waals surface area (Å²) in [6.45, 7) is 2.24. The summed E-state index contributed by atoms with van der Waals surface area (Å²) >= 11 is 0. The Morgan fingerprint density at radius 3 is 2.71 bits per heavy atom. The van der Waals surface area contributed by atoms with E-state index in [1.54, 1.807) is 0 Å². The third kappa shape index (κ3) is 3.15. The van der Waals surface area contributed by atoms with Gasteiger partial charge >= 0.3 is 5.97 Å². The molecule has 1 aromatic rings. The molecule has 1 heterocycles. The molecule has 5 nitrogen and oxygen atoms in total. The molecule has 5 heteroatoms. The van der Waals surface area contributed by atoms with Gasteiger partial charge in [-0.1, -0.05) is 6.92 Å². The zero-order chi connectivity index (χ0) is 12.3. The standard InChI is InChI=1S/C12H16N2O3/c1-8-2-4-9(5-3-8)17-11-7-13-6-10(14-11)12(15)16/h6-9H,2-5H2,1H3,(H,15,16). The first-order chi connectivity index (χ1) is 8.15. The first-order valence-electron chi connectivity index (χ1n) is 5.87. The predicted molar refractivity (Wildman–Crippen MR) is 61.0 cm³/mol. The number of rotatable bonds is 3. The van der Waals surface area contributed by atoms with Crippen LogP contribution >= 0.6 is 0 Å². The van der Waals surface area contributed by atoms with Crippen molar-refractivity contribution < 1.29 is 14.6 Å². The Morgan fingerprint density at radius 1 is 1.35 bits per heavy atom. The van der Waals surface area contributed by atoms with E-state index in [4.69, 9.17) is 9.84 Å². The highest BCUT2D eigenvalue weighted by Crippen LogP contribution is 2.26. The number of ether oxygens (including phenoxy) is 1. The van der Waals surface area contributed by atoms with Gasteiger partial charge in [-0.05, 0) is 31.6 Å². The fourth-order valence-electron chi connectivity index (χ4n) is 2.03. The molecule has 1 N–H and O–H groups in total. The lowest BCUT2D eigenvalue weighted by molar-refractivity contribution is 0.0685. The van der Waals surface area contributed by atoms with Gasteiger partial charge in [-0.3, -0.25) is 4.98 Å². The monoisotopic (exact) mass is 236 g/mol. The summed E-state index contributed by atoms with van der Waals surface area (Å²) in [5, 5.41) is 8.79. The maximum absolute atomic E-state index is 10.7. The zero-order valence-corrected chi connectivity index (χ0v) is 9.80. The van der Waals surface area contributed by atoms with Gasteiger partial charge in [-0.25, -0.2) is 9.78 Å². The fraction of sp³-hybridized carbons (Fsp3) is 0.583. The molecule has 0 spiro atoms. The number of hydrogen-bond donors (Lipinski definition) is 1. The van der Waals surface area contributed by atoms with Crippen molar-refractivity contribution in [2.45, 2.75) is 38.7 Å². The van der Waals surface area contributed by atoms with Gasteiger partial charge in [0, 0.05) is 0 Å². The van der Waals surface area contributed by atoms with Crippen LogP contribution in [0.1, 0.15) is 43.1 Å². The SMILES string of the molecule is CC1CCC(Oc2cncc(C(=O)O)n2)CC1. The minimum absolute atomic E-state index is 0.0772. The molecule has 1 saturated carbocycles. The highest BCUT2D eigenvalue weighted by atomic mass is 16.5. The predicted octanol–water partition coefficient (Wildman–Crippen LogP) is 2.13. The summed E-state index contributed by atoms with van der Waals surface area (Å²) in [7, 11) is 0. The Labute approximate surface area is 99.9 Å². The summed E-state index contributed by atoms with van der Waals surface area (Å²) in [5.74, 6) is -0.0176. The molecule has 0 saturated heterocycles. The minimum atomic E-state index is -1.08. The first-order valence-corrected chi connectivity index (χ1v) is 5.87. The van der Waals surface area contributed by atoms with Crippen LogP contribution in [0.5, 0.6) is 5.88 Å². The van der Waals surface area contributed by atoms with Gasteiger partial charge < -0.3 is 9.84 Å². The minimum Gasteiger partial charge on any atom is -0.476 e. The second kappa shape index (κ2) is 5.12. The van der Waals surface area contributed by atoms with Crippen molar-refractivity contribution in [1.82, 2.24) is 9.97 Å². The van der Waals surface area contributed by atoms with Crippen molar-refractivity contribution in [2.24, 2.45) is 5.92 Å². The first kappa shape index (κ1) is 11.8. The van der Waals surface area contributed by atoms with Gasteiger partial charge in [-0.2, -0.15) is 0 Å². The fourth-order valence-corrected chi connectivity index (χ4v) is 2.03. The lowest BCUT2D eigenvalue weighted by Crippen LogP contribution is -2.23. The van der Waals surface area contributed by atoms with E-state index in [0.29, 0.717) is 5.88 Å². The lowest BCUT2D eigenvalue weighted by atomic mass is 9.89. The molecule has 0 aliphatic heterocycles. The van der Waals surface area contributed by atoms with Crippen LogP contribution in [0.2, 0.25) is 0 Å². The molecule has 1 fully saturated rings. The van der Waals surface area contributed by atoms with E-state index in [1.165, 1.54) is 12.4 Å². The summed E-state index contributed by atoms with van der Waals surface area (Å²) < 4.78 is 5.66. The number of nitrogens with zero attached hydrogens (tertiary/aromatic N) is 2. The summed E-state index contributed by atoms with van der Waals surface area (Å²) in [4.78, 5) is 18.4. The molecule has 17 heavy (non-hydrogen) atoms. The molecule has 1 aliphatic rings. The normalized spacial score (nSPS) is 24.3. The average molecular weight is 236 g/mol. The number of carboxylic acids is 1. The molecule has 0 bridgehead atoms. The van der Waals surface area contributed by atoms with Crippen LogP contribution < -0.4 is 4.74 Å². The Bertz CT molecular complexity index is 400. The molecule has 0 atom stereocenters. The largest absolute Gasteiger partial charge is 0.476 e. The van der Waals surface area contributed by atoms with Crippen LogP contribution in [0.15, 0.2) is 12.4 Å². The van der Waals surface area contributed by atoms with Crippen molar-refractivity contribution in [1.29, 1.82) is 0 Å². The molecular weight excluding hydrogens is 220 g/mol. The highest BCUT2D eigenvalue weighted by molar-refractivity contribution is 5.84. The van der Waals surface area contributed by atoms with Crippen LogP contribution in [-0.4, -0.2) is 27.1 Å². The average Bonchev–Trinajstić information content (AvgIpc) is 2.32. The maximum atomic E-state index is 10.7. The molecule has 1 aliphatic carbocycles. The van der Waals surface area contributed by atoms with E-state index < -0.39 is 5.97 Å². The Morgan fingerprint density at radius 2 is 2.06 bits per heavy atom. The van der Waals surface area contributed by atoms with Crippen LogP contribution in [0.3, 0.4) is 0 Å². The van der Waals surface area contributed by atoms with Gasteiger partial charge in [0.2, 0.25) is 5.88 Å². The van der Waals surface area contributed by atoms with E-state index in [-0.39, 0.29) is 11.8 Å². The van der Waals surface area contributed by atoms with Crippen LogP contribution in [0.25, 0.3) is 0 Å². The Hall–Kier alpha value is -1.65. The number of hydrogen-bond acceptors (Lipinski definition) is 4. The van der Waals surface area contributed by atoms with Crippen LogP contribution in [0, 0.1) is 5.92 Å². The second-order valence-corrected chi connectivity index (χ2v) is 4.55. The van der Waals surface area contributed by atoms with Crippen LogP contribution in [-0.2, 0) is 0 Å². The van der Waals surface area contributed by atoms with E-state index >= 15 is 0 Å². The van der Waals surface area contributed by atoms with Crippen molar-refractivity contribution in [3.63, 3.8) is 0 Å². The van der Waals surface area contributed by atoms with E-state index in [0.717, 1.165) is 31.6 Å². The molecule has 0 unspecified atom stereocenters. The second-order valence-electron chi connectivity index (χ2n) is 4.55. The maximum Gasteiger partial charge on any atom is 0.356 e. The molecule has 0 aromatic carbocycles. The van der Waals surface area contributed by atoms with Gasteiger partial charge in [0.25, 0.3) is 0 Å². The Balaban J connectivity index is 1.98. The smallest absolute Gasteiger partial charge is 0.356 e. The Kier molecular flexibility index (Phi) is 3.56. The highest BCUT2D eigenvalue weighted by Gasteiger charge is 2.20. The molecule has 0 radical (unpaired) electrons. The van der Waals surface area contributed by atoms with Crippen molar-refractivity contribution in [2.75, 3.05) is 0 Å². The number of carbonyl (C=O) groups is 1. The molecule has 1 aromatic heterocycles. The topological polar surface area (TPSA) is 72.3 Å². The van der Waals surface area contributed by atoms with Gasteiger partial charge in [0.15, 0.2) is 5.69 Å². The zero-order valence-electron chi connectivity index (χ0n) is 9.80. The third-order valence-corrected chi connectivity index (χ3v) is 3.08. The number of aromatic carboxylic acids is 1. The third-order valence-electron chi connectivity index (χ3n) is 3.08. The van der Waals surface area contributed by atoms with E-state index in [9.17, 15) is 4.79 Å². The quantitative estimate of drug-likeness (QED) is 0.870. The van der Waals surface area contributed by atoms with Gasteiger partial charge in [0.1, 0.15) is 6.10 Å². The van der Waals surface area contributed by atoms with Gasteiger partial charge in [0.05, 0.1) is 12.4 Å². The van der Waals surface area contributed by atoms with Gasteiger partial charge in [-0.15, -0.1) is 0 Å². The molecule has 0 amide bonds. The van der Waals surface area contributed by atoms with Crippen molar-refractivity contribution in [3.8, 4) is 5.88 Å². The van der Waals surface area contributed by atoms with Crippen LogP contribution in [0.4, 0.5) is 0 Å². The van der Waals surface area contributed by atoms with E-state index in [1.807, 2.05) is 0 Å². The number of aromatic nitrogens is 2. The van der Waals surface area contributed by atoms with Crippen molar-refractivity contribution >= 4 is 5.97 Å². The van der Waals surface area contributed by atoms with E-state index in [2.05, 4.69) is 16.9 Å². The molecule has 2 rings (SSSR count). The lowest BCUT2D eigenvalue weighted by Gasteiger charge is -2.26. The van der Waals surface area contributed by atoms with Crippen molar-refractivity contribution in [3.05, 3.63) is 18.1 Å². The summed E-state index contributed by atoms with van der Waals surface area (Å²) in [6.07, 6.45) is 7.13. The number of carboxylic acid groups (broad SMARTS) is 1. The summed E-state index contributed by atoms with van der Waals surface area (Å²) in [6, 6.07) is 0. The molecular formula is C12H16N2O3.